The molecule has 3 heterocycles. The third kappa shape index (κ3) is 34.9. The monoisotopic (exact) mass is 1640 g/mol. The average Bonchev–Trinajstić information content (AvgIpc) is 1.78. The molecule has 0 saturated carbocycles. The van der Waals surface area contributed by atoms with Crippen molar-refractivity contribution in [2.75, 3.05) is 64.8 Å². The quantitative estimate of drug-likeness (QED) is 0.00947. The van der Waals surface area contributed by atoms with Crippen LogP contribution in [0.2, 0.25) is 0 Å². The number of hydrogen-bond donors (Lipinski definition) is 24. The second-order valence-electron chi connectivity index (χ2n) is 28.1. The number of rotatable bonds is 51. The number of fused-ring (bicyclic) bond motifs is 1. The van der Waals surface area contributed by atoms with Crippen LogP contribution in [0.4, 0.5) is 4.79 Å². The van der Waals surface area contributed by atoms with Crippen molar-refractivity contribution >= 4 is 120 Å². The first kappa shape index (κ1) is 95.3. The molecule has 13 atom stereocenters. The number of likely N-dealkylation sites (tertiary alicyclic amines) is 1. The second-order valence-corrected chi connectivity index (χ2v) is 30.6. The van der Waals surface area contributed by atoms with E-state index in [1.165, 1.54) is 24.3 Å². The molecule has 1 aromatic carbocycles. The van der Waals surface area contributed by atoms with E-state index >= 15 is 0 Å². The SMILES string of the molecule is CC(C)C[C@H](NC(=O)CNC(=O)CNC(=O)CCCC[C@@H]1SC[C@@H]2NC(=O)N[C@@H]21)C(=O)N[C@@H](CC(C)C)C(=O)NCC(=O)N[C@@H](CCCN=C(N)N)C(=O)N[C@@H](CO)C(=O)N[C@@H](COP(=O)(O)O)C(=O)N1CCC[C@H]1C(=O)N[C@@H](CO)C(=O)N[C@@H](CCCCN)C(=O)N[C@@H](CC(N)=O)C(=O)N[C@@H](Cc1ccc(O)cc1)C(N)=O. The molecule has 29 N–H and O–H groups in total. The number of nitrogens with one attached hydrogen (secondary N) is 14. The summed E-state index contributed by atoms with van der Waals surface area (Å²) in [5.74, 6) is -15.0. The summed E-state index contributed by atoms with van der Waals surface area (Å²) in [6, 6.07) is -11.1. The molecule has 17 amide bonds. The lowest BCUT2D eigenvalue weighted by Crippen LogP contribution is -2.61. The predicted octanol–water partition coefficient (Wildman–Crippen LogP) is -8.91. The first-order valence-corrected chi connectivity index (χ1v) is 39.4. The standard InChI is InChI=1S/C67H110N21O23PS/c1-34(2)23-41(81-60(101)42(24-35(3)4)78-53(95)28-75-52(94)27-74-51(93)15-6-5-14-49-55-47(33-113-49)86-67(107)87-55)57(98)76-29-54(96)77-38(12-9-21-73-66(71)72)58(99)83-44(30-89)63(104)85-46(32-111-112(108,109)110)65(106)88-22-10-13-48(88)64(105)84-45(31-90)62(103)79-39(11-7-8-20-68)59(100)82-43(26-50(69)92)61(102)80-40(56(70)97)25-36-16-18-37(91)19-17-36/h16-19,34-35,38-49,55,89-91H,5-15,20-33,68H2,1-4H3,(H2,69,92)(H2,70,97)(H,74,93)(H,75,94)(H,76,98)(H,77,96)(H,78,95)(H,79,103)(H,80,102)(H,81,101)(H,82,100)(H,83,99)(H,84,105)(H,85,104)(H4,71,72,73)(H2,86,87,107)(H2,108,109,110)/t38-,39-,40-,41-,42-,43-,44-,45-,46-,47-,48-,49-,55-/m0/s1. The number of phenols is 1. The summed E-state index contributed by atoms with van der Waals surface area (Å²) < 4.78 is 16.6. The Hall–Kier alpha value is -10.1. The zero-order chi connectivity index (χ0) is 84.2. The van der Waals surface area contributed by atoms with Gasteiger partial charge in [-0.15, -0.1) is 0 Å². The predicted molar refractivity (Wildman–Crippen MR) is 404 cm³/mol. The van der Waals surface area contributed by atoms with Crippen LogP contribution in [0.3, 0.4) is 0 Å². The molecular formula is C67H110N21O23PS. The summed E-state index contributed by atoms with van der Waals surface area (Å²) in [6.45, 7) is 1.19. The molecule has 46 heteroatoms. The topological polar surface area (TPSA) is 715 Å². The molecule has 0 radical (unpaired) electrons. The molecule has 0 aromatic heterocycles. The number of benzene rings is 1. The number of phenolic OH excluding ortho intramolecular Hbond substituents is 1. The van der Waals surface area contributed by atoms with Crippen LogP contribution >= 0.6 is 19.6 Å². The van der Waals surface area contributed by atoms with Gasteiger partial charge in [0.05, 0.1) is 58.0 Å². The van der Waals surface area contributed by atoms with Crippen LogP contribution in [0, 0.1) is 11.8 Å². The Morgan fingerprint density at radius 1 is 0.602 bits per heavy atom. The van der Waals surface area contributed by atoms with Gasteiger partial charge in [-0.25, -0.2) is 9.36 Å². The van der Waals surface area contributed by atoms with Gasteiger partial charge in [0, 0.05) is 36.9 Å². The molecule has 0 spiro atoms. The van der Waals surface area contributed by atoms with Crippen molar-refractivity contribution in [2.24, 2.45) is 45.5 Å². The van der Waals surface area contributed by atoms with Crippen molar-refractivity contribution in [3.8, 4) is 5.75 Å². The number of unbranched alkanes of at least 4 members (excludes halogenated alkanes) is 2. The Kier molecular flexibility index (Phi) is 40.6. The van der Waals surface area contributed by atoms with Crippen LogP contribution in [0.15, 0.2) is 29.3 Å². The third-order valence-corrected chi connectivity index (χ3v) is 19.8. The van der Waals surface area contributed by atoms with Gasteiger partial charge in [0.1, 0.15) is 66.2 Å². The number of amides is 17. The van der Waals surface area contributed by atoms with E-state index in [2.05, 4.69) is 84.0 Å². The van der Waals surface area contributed by atoms with E-state index in [0.29, 0.717) is 18.4 Å². The zero-order valence-corrected chi connectivity index (χ0v) is 65.1. The Morgan fingerprint density at radius 3 is 1.71 bits per heavy atom. The maximum atomic E-state index is 14.4. The first-order valence-electron chi connectivity index (χ1n) is 36.9. The molecule has 0 unspecified atom stereocenters. The molecule has 1 aromatic rings. The van der Waals surface area contributed by atoms with Crippen LogP contribution < -0.4 is 103 Å². The van der Waals surface area contributed by atoms with Gasteiger partial charge in [-0.05, 0) is 107 Å². The third-order valence-electron chi connectivity index (χ3n) is 17.8. The molecule has 632 valence electrons. The maximum absolute atomic E-state index is 14.4. The van der Waals surface area contributed by atoms with E-state index < -0.39 is 197 Å². The fraction of sp³-hybridized carbons (Fsp3) is 0.657. The van der Waals surface area contributed by atoms with E-state index in [0.717, 1.165) is 23.5 Å². The second kappa shape index (κ2) is 48.1. The molecule has 0 aliphatic carbocycles. The number of nitrogens with two attached hydrogens (primary N) is 5. The molecule has 0 bridgehead atoms. The van der Waals surface area contributed by atoms with Crippen molar-refractivity contribution in [1.29, 1.82) is 0 Å². The van der Waals surface area contributed by atoms with E-state index in [4.69, 9.17) is 28.7 Å². The van der Waals surface area contributed by atoms with Gasteiger partial charge in [0.25, 0.3) is 0 Å². The average molecular weight is 1640 g/mol. The number of urea groups is 1. The number of primary amides is 2. The Bertz CT molecular complexity index is 3560. The molecule has 3 fully saturated rings. The number of aliphatic hydroxyl groups excluding tert-OH is 2. The highest BCUT2D eigenvalue weighted by molar-refractivity contribution is 8.00. The lowest BCUT2D eigenvalue weighted by atomic mass is 10.00. The number of phosphoric acid groups is 1. The van der Waals surface area contributed by atoms with Gasteiger partial charge in [-0.3, -0.25) is 81.4 Å². The molecule has 3 saturated heterocycles. The highest BCUT2D eigenvalue weighted by Crippen LogP contribution is 2.36. The van der Waals surface area contributed by atoms with Crippen molar-refractivity contribution in [3.63, 3.8) is 0 Å². The first-order chi connectivity index (χ1) is 53.3. The van der Waals surface area contributed by atoms with E-state index in [1.807, 2.05) is 0 Å². The summed E-state index contributed by atoms with van der Waals surface area (Å²) >= 11 is 1.76. The summed E-state index contributed by atoms with van der Waals surface area (Å²) in [6.07, 6.45) is 1.13. The molecule has 3 aliphatic heterocycles. The number of carbonyl (C=O) groups excluding carboxylic acids is 16. The number of hydrogen-bond acceptors (Lipinski definition) is 24. The fourth-order valence-corrected chi connectivity index (χ4v) is 14.0. The minimum atomic E-state index is -5.47. The zero-order valence-electron chi connectivity index (χ0n) is 63.4. The minimum Gasteiger partial charge on any atom is -0.508 e. The summed E-state index contributed by atoms with van der Waals surface area (Å²) in [4.78, 5) is 238. The highest BCUT2D eigenvalue weighted by atomic mass is 32.2. The number of aliphatic hydroxyl groups is 2. The molecular weight excluding hydrogens is 1530 g/mol. The molecule has 4 rings (SSSR count). The molecule has 113 heavy (non-hydrogen) atoms. The Morgan fingerprint density at radius 2 is 1.12 bits per heavy atom. The van der Waals surface area contributed by atoms with Crippen LogP contribution in [-0.2, 0) is 87.4 Å². The van der Waals surface area contributed by atoms with E-state index in [1.54, 1.807) is 39.5 Å². The van der Waals surface area contributed by atoms with Crippen molar-refractivity contribution in [1.82, 2.24) is 79.3 Å². The van der Waals surface area contributed by atoms with Crippen molar-refractivity contribution < 1.29 is 111 Å². The van der Waals surface area contributed by atoms with Gasteiger partial charge < -0.3 is 133 Å². The smallest absolute Gasteiger partial charge is 0.469 e. The largest absolute Gasteiger partial charge is 0.508 e. The van der Waals surface area contributed by atoms with Crippen molar-refractivity contribution in [3.05, 3.63) is 29.8 Å². The Balaban J connectivity index is 1.40. The summed E-state index contributed by atoms with van der Waals surface area (Å²) in [5.41, 5.74) is 28.0. The molecule has 44 nitrogen and oxygen atoms in total. The number of guanidine groups is 1. The summed E-state index contributed by atoms with van der Waals surface area (Å²) in [7, 11) is -5.47. The van der Waals surface area contributed by atoms with E-state index in [-0.39, 0.29) is 137 Å². The van der Waals surface area contributed by atoms with E-state index in [9.17, 15) is 106 Å². The number of phosphoric ester groups is 1. The number of carbonyl (C=O) groups is 16. The van der Waals surface area contributed by atoms with Crippen LogP contribution in [0.5, 0.6) is 5.75 Å². The van der Waals surface area contributed by atoms with Gasteiger partial charge in [0.2, 0.25) is 88.6 Å². The molecule has 3 aliphatic rings. The van der Waals surface area contributed by atoms with Gasteiger partial charge in [-0.1, -0.05) is 46.2 Å². The lowest BCUT2D eigenvalue weighted by Gasteiger charge is -2.30. The highest BCUT2D eigenvalue weighted by Gasteiger charge is 2.44. The normalized spacial score (nSPS) is 18.0. The van der Waals surface area contributed by atoms with Crippen LogP contribution in [-0.4, -0.2) is 273 Å². The maximum Gasteiger partial charge on any atom is 0.469 e. The van der Waals surface area contributed by atoms with Gasteiger partial charge in [0.15, 0.2) is 5.96 Å². The number of aliphatic imine (C=N–C) groups is 1. The van der Waals surface area contributed by atoms with Gasteiger partial charge in [-0.2, -0.15) is 11.8 Å². The number of thioether (sulfide) groups is 1. The van der Waals surface area contributed by atoms with Crippen molar-refractivity contribution in [2.45, 2.75) is 202 Å². The van der Waals surface area contributed by atoms with Crippen LogP contribution in [0.25, 0.3) is 0 Å². The summed E-state index contributed by atoms with van der Waals surface area (Å²) in [5, 5.41) is 65.2. The minimum absolute atomic E-state index is 0.00835. The van der Waals surface area contributed by atoms with Gasteiger partial charge >= 0.3 is 13.9 Å². The van der Waals surface area contributed by atoms with Crippen LogP contribution in [0.1, 0.15) is 123 Å². The number of nitrogens with zero attached hydrogens (tertiary/aromatic N) is 2. The Labute approximate surface area is 655 Å². The number of aromatic hydroxyl groups is 1. The fourth-order valence-electron chi connectivity index (χ4n) is 12.1. The lowest BCUT2D eigenvalue weighted by molar-refractivity contribution is -0.143.